The average Bonchev–Trinajstić information content (AvgIpc) is 2.84. The molecule has 2 N–H and O–H groups in total. The Balaban J connectivity index is 1.97. The van der Waals surface area contributed by atoms with Crippen LogP contribution in [0.5, 0.6) is 5.75 Å². The van der Waals surface area contributed by atoms with E-state index in [9.17, 15) is 5.26 Å². The maximum Gasteiger partial charge on any atom is 0.161 e. The maximum atomic E-state index is 9.42. The molecule has 0 aliphatic heterocycles. The first-order valence-corrected chi connectivity index (χ1v) is 11.6. The molecule has 1 aromatic heterocycles. The highest BCUT2D eigenvalue weighted by molar-refractivity contribution is 8.02. The van der Waals surface area contributed by atoms with Gasteiger partial charge in [0.15, 0.2) is 5.09 Å². The second-order valence-electron chi connectivity index (χ2n) is 7.24. The summed E-state index contributed by atoms with van der Waals surface area (Å²) in [5, 5.41) is 10.2. The molecular weight excluding hydrogens is 414 g/mol. The Morgan fingerprint density at radius 2 is 2.00 bits per heavy atom. The first-order chi connectivity index (χ1) is 15.6. The minimum atomic E-state index is 0.437. The molecule has 0 bridgehead atoms. The number of nitrogens with two attached hydrogens (primary N) is 1. The van der Waals surface area contributed by atoms with Gasteiger partial charge in [-0.25, -0.2) is 0 Å². The van der Waals surface area contributed by atoms with Gasteiger partial charge in [0.1, 0.15) is 5.75 Å². The van der Waals surface area contributed by atoms with Gasteiger partial charge in [-0.1, -0.05) is 68.1 Å². The molecule has 3 aromatic rings. The Hall–Kier alpha value is -3.33. The monoisotopic (exact) mass is 441 g/mol. The van der Waals surface area contributed by atoms with Gasteiger partial charge >= 0.3 is 0 Å². The molecule has 0 atom stereocenters. The van der Waals surface area contributed by atoms with Gasteiger partial charge in [0.05, 0.1) is 17.3 Å². The van der Waals surface area contributed by atoms with Crippen LogP contribution < -0.4 is 10.5 Å². The Morgan fingerprint density at radius 3 is 2.66 bits per heavy atom. The molecule has 5 heteroatoms. The smallest absolute Gasteiger partial charge is 0.161 e. The van der Waals surface area contributed by atoms with Crippen molar-refractivity contribution in [3.05, 3.63) is 101 Å². The molecule has 2 aromatic carbocycles. The predicted molar refractivity (Wildman–Crippen MR) is 134 cm³/mol. The summed E-state index contributed by atoms with van der Waals surface area (Å²) in [4.78, 5) is 4.54. The minimum Gasteiger partial charge on any atom is -0.450 e. The summed E-state index contributed by atoms with van der Waals surface area (Å²) in [6.45, 7) is 6.82. The summed E-state index contributed by atoms with van der Waals surface area (Å²) in [5.41, 5.74) is 10.7. The van der Waals surface area contributed by atoms with E-state index in [1.807, 2.05) is 54.6 Å². The molecule has 0 aliphatic rings. The van der Waals surface area contributed by atoms with E-state index in [2.05, 4.69) is 24.6 Å². The number of hydrogen-bond donors (Lipinski definition) is 1. The van der Waals surface area contributed by atoms with Gasteiger partial charge in [-0.2, -0.15) is 5.26 Å². The predicted octanol–water partition coefficient (Wildman–Crippen LogP) is 6.55. The van der Waals surface area contributed by atoms with Crippen LogP contribution in [0, 0.1) is 11.3 Å². The zero-order valence-electron chi connectivity index (χ0n) is 18.3. The molecule has 4 nitrogen and oxygen atoms in total. The highest BCUT2D eigenvalue weighted by atomic mass is 32.2. The summed E-state index contributed by atoms with van der Waals surface area (Å²) in [6.07, 6.45) is 5.91. The second kappa shape index (κ2) is 11.9. The minimum absolute atomic E-state index is 0.437. The lowest BCUT2D eigenvalue weighted by Crippen LogP contribution is -1.99. The summed E-state index contributed by atoms with van der Waals surface area (Å²) in [6, 6.07) is 21.5. The fourth-order valence-electron chi connectivity index (χ4n) is 3.00. The number of unbranched alkanes of at least 4 members (excludes halogenated alkanes) is 1. The van der Waals surface area contributed by atoms with Crippen LogP contribution in [0.2, 0.25) is 0 Å². The van der Waals surface area contributed by atoms with Crippen molar-refractivity contribution in [1.29, 1.82) is 5.26 Å². The number of aromatic nitrogens is 1. The summed E-state index contributed by atoms with van der Waals surface area (Å²) in [5.74, 6) is 1.52. The number of nitrogens with zero attached hydrogens (tertiary/aromatic N) is 2. The molecule has 0 amide bonds. The molecule has 0 spiro atoms. The summed E-state index contributed by atoms with van der Waals surface area (Å²) < 4.78 is 6.39. The molecule has 3 rings (SSSR count). The molecule has 0 saturated carbocycles. The van der Waals surface area contributed by atoms with E-state index in [1.54, 1.807) is 30.1 Å². The molecule has 0 unspecified atom stereocenters. The van der Waals surface area contributed by atoms with Crippen LogP contribution in [0.4, 0.5) is 0 Å². The van der Waals surface area contributed by atoms with Gasteiger partial charge in [-0.15, -0.1) is 0 Å². The fraction of sp³-hybridized carbons (Fsp3) is 0.185. The fourth-order valence-corrected chi connectivity index (χ4v) is 4.00. The molecule has 0 aliphatic carbocycles. The van der Waals surface area contributed by atoms with E-state index >= 15 is 0 Å². The van der Waals surface area contributed by atoms with Crippen LogP contribution in [0.1, 0.15) is 36.5 Å². The van der Waals surface area contributed by atoms with E-state index in [4.69, 9.17) is 10.5 Å². The molecular formula is C27H27N3OS. The van der Waals surface area contributed by atoms with Crippen LogP contribution in [0.25, 0.3) is 16.8 Å². The van der Waals surface area contributed by atoms with Gasteiger partial charge in [-0.05, 0) is 53.5 Å². The summed E-state index contributed by atoms with van der Waals surface area (Å²) >= 11 is 1.65. The molecule has 162 valence electrons. The number of ether oxygens (including phenoxy) is 1. The van der Waals surface area contributed by atoms with Crippen LogP contribution in [-0.4, -0.2) is 10.7 Å². The molecule has 0 radical (unpaired) electrons. The second-order valence-corrected chi connectivity index (χ2v) is 8.34. The van der Waals surface area contributed by atoms with Gasteiger partial charge in [-0.3, -0.25) is 4.98 Å². The number of benzene rings is 2. The van der Waals surface area contributed by atoms with Crippen LogP contribution >= 0.6 is 11.8 Å². The lowest BCUT2D eigenvalue weighted by molar-refractivity contribution is 0.467. The van der Waals surface area contributed by atoms with Crippen LogP contribution in [0.3, 0.4) is 0 Å². The Morgan fingerprint density at radius 1 is 1.19 bits per heavy atom. The Labute approximate surface area is 194 Å². The van der Waals surface area contributed by atoms with Crippen molar-refractivity contribution in [2.75, 3.05) is 5.75 Å². The largest absolute Gasteiger partial charge is 0.450 e. The van der Waals surface area contributed by atoms with Crippen molar-refractivity contribution in [1.82, 2.24) is 4.98 Å². The topological polar surface area (TPSA) is 71.9 Å². The van der Waals surface area contributed by atoms with Crippen molar-refractivity contribution >= 4 is 17.3 Å². The maximum absolute atomic E-state index is 9.42. The molecule has 0 saturated heterocycles. The zero-order valence-corrected chi connectivity index (χ0v) is 19.1. The molecule has 32 heavy (non-hydrogen) atoms. The van der Waals surface area contributed by atoms with E-state index in [1.165, 1.54) is 0 Å². The average molecular weight is 442 g/mol. The van der Waals surface area contributed by atoms with Gasteiger partial charge in [0, 0.05) is 24.1 Å². The van der Waals surface area contributed by atoms with E-state index in [0.29, 0.717) is 17.9 Å². The van der Waals surface area contributed by atoms with Crippen LogP contribution in [-0.2, 0) is 6.54 Å². The number of allylic oxidation sites excluding steroid dienone is 2. The van der Waals surface area contributed by atoms with E-state index < -0.39 is 0 Å². The van der Waals surface area contributed by atoms with Gasteiger partial charge in [0.2, 0.25) is 0 Å². The first kappa shape index (κ1) is 23.3. The number of rotatable bonds is 10. The SMILES string of the molecule is C=C(/C=C(/Oc1cc(C#N)ccc1-c1ccc(CN)cn1)SCCCC)c1ccccc1. The summed E-state index contributed by atoms with van der Waals surface area (Å²) in [7, 11) is 0. The third-order valence-corrected chi connectivity index (χ3v) is 5.82. The third-order valence-electron chi connectivity index (χ3n) is 4.84. The zero-order chi connectivity index (χ0) is 22.8. The van der Waals surface area contributed by atoms with Gasteiger partial charge in [0.25, 0.3) is 0 Å². The van der Waals surface area contributed by atoms with Crippen molar-refractivity contribution < 1.29 is 4.74 Å². The lowest BCUT2D eigenvalue weighted by Gasteiger charge is -2.15. The van der Waals surface area contributed by atoms with E-state index in [-0.39, 0.29) is 0 Å². The third kappa shape index (κ3) is 6.34. The van der Waals surface area contributed by atoms with Gasteiger partial charge < -0.3 is 10.5 Å². The number of nitriles is 1. The highest BCUT2D eigenvalue weighted by Crippen LogP contribution is 2.34. The van der Waals surface area contributed by atoms with Crippen molar-refractivity contribution in [3.8, 4) is 23.1 Å². The molecule has 0 fully saturated rings. The number of pyridine rings is 1. The van der Waals surface area contributed by atoms with Crippen molar-refractivity contribution in [2.24, 2.45) is 5.73 Å². The van der Waals surface area contributed by atoms with Crippen molar-refractivity contribution in [2.45, 2.75) is 26.3 Å². The van der Waals surface area contributed by atoms with Crippen molar-refractivity contribution in [3.63, 3.8) is 0 Å². The Kier molecular flexibility index (Phi) is 8.68. The standard InChI is InChI=1S/C27H27N3OS/c1-3-4-14-32-27(15-20(2)23-8-6-5-7-9-23)31-26-16-21(17-28)10-12-24(26)25-13-11-22(18-29)19-30-25/h5-13,15-16,19H,2-4,14,18,29H2,1H3/b27-15-. The Bertz CT molecular complexity index is 1120. The molecule has 1 heterocycles. The highest BCUT2D eigenvalue weighted by Gasteiger charge is 2.13. The number of hydrogen-bond acceptors (Lipinski definition) is 5. The van der Waals surface area contributed by atoms with E-state index in [0.717, 1.165) is 51.6 Å². The quantitative estimate of drug-likeness (QED) is 0.219. The first-order valence-electron chi connectivity index (χ1n) is 10.6. The number of thioether (sulfide) groups is 1. The lowest BCUT2D eigenvalue weighted by atomic mass is 10.1. The normalized spacial score (nSPS) is 11.1. The van der Waals surface area contributed by atoms with Crippen LogP contribution in [0.15, 0.2) is 84.6 Å².